The Morgan fingerprint density at radius 1 is 1.20 bits per heavy atom. The summed E-state index contributed by atoms with van der Waals surface area (Å²) >= 11 is 0. The number of hydrogen-bond acceptors (Lipinski definition) is 3. The number of amides is 3. The number of rotatable bonds is 6. The van der Waals surface area contributed by atoms with Crippen molar-refractivity contribution in [1.29, 1.82) is 0 Å². The molecular formula is C19H23N3O3. The van der Waals surface area contributed by atoms with E-state index in [1.165, 1.54) is 6.08 Å². The highest BCUT2D eigenvalue weighted by Gasteiger charge is 2.36. The van der Waals surface area contributed by atoms with Crippen molar-refractivity contribution >= 4 is 17.7 Å². The molecular weight excluding hydrogens is 318 g/mol. The Kier molecular flexibility index (Phi) is 5.16. The molecule has 6 nitrogen and oxygen atoms in total. The fourth-order valence-corrected chi connectivity index (χ4v) is 3.05. The summed E-state index contributed by atoms with van der Waals surface area (Å²) in [5, 5.41) is 5.61. The second-order valence-corrected chi connectivity index (χ2v) is 6.54. The number of benzene rings is 1. The minimum atomic E-state index is -0.488. The maximum atomic E-state index is 12.7. The molecule has 1 aromatic carbocycles. The summed E-state index contributed by atoms with van der Waals surface area (Å²) < 4.78 is 0. The number of fused-ring (bicyclic) bond motifs is 1. The Morgan fingerprint density at radius 2 is 1.92 bits per heavy atom. The highest BCUT2D eigenvalue weighted by atomic mass is 16.2. The van der Waals surface area contributed by atoms with Crippen molar-refractivity contribution < 1.29 is 14.4 Å². The van der Waals surface area contributed by atoms with E-state index in [1.54, 1.807) is 4.90 Å². The van der Waals surface area contributed by atoms with Gasteiger partial charge in [0.15, 0.2) is 0 Å². The predicted molar refractivity (Wildman–Crippen MR) is 93.5 cm³/mol. The van der Waals surface area contributed by atoms with Crippen molar-refractivity contribution in [2.75, 3.05) is 6.54 Å². The normalized spacial score (nSPS) is 18.9. The van der Waals surface area contributed by atoms with Crippen LogP contribution in [0.25, 0.3) is 0 Å². The number of nitrogens with one attached hydrogen (secondary N) is 2. The molecule has 2 aliphatic rings. The van der Waals surface area contributed by atoms with Crippen molar-refractivity contribution in [3.63, 3.8) is 0 Å². The van der Waals surface area contributed by atoms with Crippen LogP contribution < -0.4 is 10.6 Å². The SMILES string of the molecule is C=CC(=O)NCCC(=O)N1Cc2ccccc2C[C@H]1C(=O)NC1CC1. The predicted octanol–water partition coefficient (Wildman–Crippen LogP) is 0.911. The van der Waals surface area contributed by atoms with E-state index in [9.17, 15) is 14.4 Å². The van der Waals surface area contributed by atoms with E-state index >= 15 is 0 Å². The van der Waals surface area contributed by atoms with Gasteiger partial charge in [-0.3, -0.25) is 14.4 Å². The molecule has 1 atom stereocenters. The van der Waals surface area contributed by atoms with Crippen LogP contribution in [0.4, 0.5) is 0 Å². The van der Waals surface area contributed by atoms with E-state index in [1.807, 2.05) is 24.3 Å². The van der Waals surface area contributed by atoms with Crippen molar-refractivity contribution in [3.05, 3.63) is 48.0 Å². The van der Waals surface area contributed by atoms with Crippen LogP contribution in [0.3, 0.4) is 0 Å². The Balaban J connectivity index is 1.70. The van der Waals surface area contributed by atoms with Crippen LogP contribution in [-0.2, 0) is 27.3 Å². The molecule has 1 fully saturated rings. The molecule has 132 valence electrons. The first-order valence-electron chi connectivity index (χ1n) is 8.65. The minimum absolute atomic E-state index is 0.0829. The Labute approximate surface area is 147 Å². The minimum Gasteiger partial charge on any atom is -0.352 e. The molecule has 2 N–H and O–H groups in total. The molecule has 3 rings (SSSR count). The topological polar surface area (TPSA) is 78.5 Å². The number of nitrogens with zero attached hydrogens (tertiary/aromatic N) is 1. The van der Waals surface area contributed by atoms with Gasteiger partial charge in [-0.1, -0.05) is 30.8 Å². The third-order valence-electron chi connectivity index (χ3n) is 4.62. The Bertz CT molecular complexity index is 697. The molecule has 0 radical (unpaired) electrons. The van der Waals surface area contributed by atoms with Crippen LogP contribution >= 0.6 is 0 Å². The summed E-state index contributed by atoms with van der Waals surface area (Å²) in [4.78, 5) is 38.1. The van der Waals surface area contributed by atoms with Gasteiger partial charge in [0.2, 0.25) is 17.7 Å². The molecule has 1 aliphatic carbocycles. The lowest BCUT2D eigenvalue weighted by atomic mass is 9.93. The molecule has 25 heavy (non-hydrogen) atoms. The maximum absolute atomic E-state index is 12.7. The lowest BCUT2D eigenvalue weighted by Gasteiger charge is -2.36. The van der Waals surface area contributed by atoms with Crippen molar-refractivity contribution in [2.45, 2.75) is 44.3 Å². The van der Waals surface area contributed by atoms with E-state index < -0.39 is 6.04 Å². The van der Waals surface area contributed by atoms with E-state index in [0.717, 1.165) is 24.0 Å². The van der Waals surface area contributed by atoms with Gasteiger partial charge < -0.3 is 15.5 Å². The summed E-state index contributed by atoms with van der Waals surface area (Å²) in [7, 11) is 0. The summed E-state index contributed by atoms with van der Waals surface area (Å²) in [6, 6.07) is 7.67. The van der Waals surface area contributed by atoms with Gasteiger partial charge in [-0.05, 0) is 30.0 Å². The second-order valence-electron chi connectivity index (χ2n) is 6.54. The van der Waals surface area contributed by atoms with Crippen molar-refractivity contribution in [1.82, 2.24) is 15.5 Å². The summed E-state index contributed by atoms with van der Waals surface area (Å²) in [5.74, 6) is -0.518. The highest BCUT2D eigenvalue weighted by Crippen LogP contribution is 2.25. The maximum Gasteiger partial charge on any atom is 0.243 e. The van der Waals surface area contributed by atoms with Gasteiger partial charge in [-0.25, -0.2) is 0 Å². The molecule has 0 bridgehead atoms. The molecule has 1 saturated carbocycles. The van der Waals surface area contributed by atoms with Crippen LogP contribution in [0.5, 0.6) is 0 Å². The van der Waals surface area contributed by atoms with E-state index in [2.05, 4.69) is 17.2 Å². The van der Waals surface area contributed by atoms with Gasteiger partial charge in [-0.15, -0.1) is 0 Å². The molecule has 0 saturated heterocycles. The third kappa shape index (κ3) is 4.26. The summed E-state index contributed by atoms with van der Waals surface area (Å²) in [6.45, 7) is 4.04. The van der Waals surface area contributed by atoms with E-state index in [4.69, 9.17) is 0 Å². The molecule has 3 amide bonds. The average molecular weight is 341 g/mol. The fraction of sp³-hybridized carbons (Fsp3) is 0.421. The van der Waals surface area contributed by atoms with E-state index in [0.29, 0.717) is 13.0 Å². The smallest absolute Gasteiger partial charge is 0.243 e. The molecule has 1 aromatic rings. The second kappa shape index (κ2) is 7.51. The molecule has 0 unspecified atom stereocenters. The van der Waals surface area contributed by atoms with E-state index in [-0.39, 0.29) is 36.7 Å². The lowest BCUT2D eigenvalue weighted by molar-refractivity contribution is -0.141. The van der Waals surface area contributed by atoms with Crippen LogP contribution in [0.15, 0.2) is 36.9 Å². The first kappa shape index (κ1) is 17.2. The zero-order valence-electron chi connectivity index (χ0n) is 14.2. The van der Waals surface area contributed by atoms with Crippen molar-refractivity contribution in [3.8, 4) is 0 Å². The first-order chi connectivity index (χ1) is 12.1. The van der Waals surface area contributed by atoms with Crippen LogP contribution in [0, 0.1) is 0 Å². The molecule has 0 spiro atoms. The molecule has 1 aliphatic heterocycles. The van der Waals surface area contributed by atoms with Gasteiger partial charge in [0, 0.05) is 32.0 Å². The van der Waals surface area contributed by atoms with Crippen LogP contribution in [0.2, 0.25) is 0 Å². The largest absolute Gasteiger partial charge is 0.352 e. The Hall–Kier alpha value is -2.63. The number of carbonyl (C=O) groups is 3. The monoisotopic (exact) mass is 341 g/mol. The number of hydrogen-bond donors (Lipinski definition) is 2. The fourth-order valence-electron chi connectivity index (χ4n) is 3.05. The molecule has 6 heteroatoms. The highest BCUT2D eigenvalue weighted by molar-refractivity contribution is 5.90. The lowest BCUT2D eigenvalue weighted by Crippen LogP contribution is -2.53. The molecule has 1 heterocycles. The number of carbonyl (C=O) groups excluding carboxylic acids is 3. The van der Waals surface area contributed by atoms with Gasteiger partial charge >= 0.3 is 0 Å². The van der Waals surface area contributed by atoms with Gasteiger partial charge in [0.05, 0.1) is 0 Å². The summed E-state index contributed by atoms with van der Waals surface area (Å²) in [5.41, 5.74) is 2.18. The average Bonchev–Trinajstić information content (AvgIpc) is 3.44. The van der Waals surface area contributed by atoms with Gasteiger partial charge in [0.1, 0.15) is 6.04 Å². The van der Waals surface area contributed by atoms with Gasteiger partial charge in [0.25, 0.3) is 0 Å². The van der Waals surface area contributed by atoms with Crippen LogP contribution in [-0.4, -0.2) is 41.2 Å². The zero-order chi connectivity index (χ0) is 17.8. The summed E-state index contributed by atoms with van der Waals surface area (Å²) in [6.07, 6.45) is 3.88. The van der Waals surface area contributed by atoms with Crippen LogP contribution in [0.1, 0.15) is 30.4 Å². The first-order valence-corrected chi connectivity index (χ1v) is 8.65. The van der Waals surface area contributed by atoms with Gasteiger partial charge in [-0.2, -0.15) is 0 Å². The zero-order valence-corrected chi connectivity index (χ0v) is 14.2. The standard InChI is InChI=1S/C19H23N3O3/c1-2-17(23)20-10-9-18(24)22-12-14-6-4-3-5-13(14)11-16(22)19(25)21-15-7-8-15/h2-6,15-16H,1,7-12H2,(H,20,23)(H,21,25)/t16-/m0/s1. The molecule has 0 aromatic heterocycles. The third-order valence-corrected chi connectivity index (χ3v) is 4.62. The quantitative estimate of drug-likeness (QED) is 0.755. The van der Waals surface area contributed by atoms with Crippen molar-refractivity contribution in [2.24, 2.45) is 0 Å². The Morgan fingerprint density at radius 3 is 2.60 bits per heavy atom.